The summed E-state index contributed by atoms with van der Waals surface area (Å²) in [4.78, 5) is 0. The molecule has 0 saturated heterocycles. The molecule has 2 nitrogen and oxygen atoms in total. The van der Waals surface area contributed by atoms with Gasteiger partial charge in [0.05, 0.1) is 6.10 Å². The predicted octanol–water partition coefficient (Wildman–Crippen LogP) is 4.18. The smallest absolute Gasteiger partial charge is 0.127 e. The molecule has 20 heavy (non-hydrogen) atoms. The highest BCUT2D eigenvalue weighted by Gasteiger charge is 2.28. The van der Waals surface area contributed by atoms with Gasteiger partial charge in [0, 0.05) is 23.1 Å². The van der Waals surface area contributed by atoms with Crippen LogP contribution in [-0.2, 0) is 0 Å². The fourth-order valence-electron chi connectivity index (χ4n) is 2.38. The summed E-state index contributed by atoms with van der Waals surface area (Å²) in [6.45, 7) is 0. The van der Waals surface area contributed by atoms with E-state index in [2.05, 4.69) is 0 Å². The van der Waals surface area contributed by atoms with Gasteiger partial charge in [-0.2, -0.15) is 0 Å². The first-order chi connectivity index (χ1) is 9.52. The van der Waals surface area contributed by atoms with Crippen molar-refractivity contribution in [1.29, 1.82) is 0 Å². The van der Waals surface area contributed by atoms with Crippen LogP contribution in [0.3, 0.4) is 0 Å². The fourth-order valence-corrected chi connectivity index (χ4v) is 2.56. The molecule has 0 radical (unpaired) electrons. The Morgan fingerprint density at radius 2 is 1.80 bits per heavy atom. The summed E-state index contributed by atoms with van der Waals surface area (Å²) in [7, 11) is 0. The highest BCUT2D eigenvalue weighted by atomic mass is 35.5. The van der Waals surface area contributed by atoms with Crippen molar-refractivity contribution in [3.05, 3.63) is 64.2 Å². The van der Waals surface area contributed by atoms with Crippen molar-refractivity contribution in [1.82, 2.24) is 0 Å². The molecule has 0 spiro atoms. The highest BCUT2D eigenvalue weighted by molar-refractivity contribution is 6.30. The molecule has 0 aliphatic carbocycles. The summed E-state index contributed by atoms with van der Waals surface area (Å²) in [6.07, 6.45) is -1.16. The maximum atomic E-state index is 13.3. The molecule has 1 unspecified atom stereocenters. The molecule has 1 heterocycles. The normalized spacial score (nSPS) is 21.2. The lowest BCUT2D eigenvalue weighted by molar-refractivity contribution is 0.0654. The Hall–Kier alpha value is -1.65. The number of aliphatic hydroxyl groups is 1. The first kappa shape index (κ1) is 13.3. The van der Waals surface area contributed by atoms with E-state index in [1.807, 2.05) is 0 Å². The van der Waals surface area contributed by atoms with Crippen molar-refractivity contribution in [2.45, 2.75) is 18.6 Å². The van der Waals surface area contributed by atoms with Crippen LogP contribution < -0.4 is 4.74 Å². The van der Waals surface area contributed by atoms with Crippen LogP contribution in [0.15, 0.2) is 36.4 Å². The number of aliphatic hydroxyl groups excluding tert-OH is 1. The van der Waals surface area contributed by atoms with Crippen molar-refractivity contribution in [2.24, 2.45) is 0 Å². The van der Waals surface area contributed by atoms with Gasteiger partial charge in [-0.15, -0.1) is 0 Å². The maximum Gasteiger partial charge on any atom is 0.127 e. The molecule has 2 atom stereocenters. The third kappa shape index (κ3) is 2.49. The minimum atomic E-state index is -0.784. The van der Waals surface area contributed by atoms with Crippen LogP contribution in [0.4, 0.5) is 8.78 Å². The number of halogens is 3. The number of benzene rings is 2. The molecule has 0 bridgehead atoms. The lowest BCUT2D eigenvalue weighted by Gasteiger charge is -2.30. The molecule has 0 amide bonds. The molecule has 1 N–H and O–H groups in total. The first-order valence-electron chi connectivity index (χ1n) is 6.13. The Labute approximate surface area is 119 Å². The summed E-state index contributed by atoms with van der Waals surface area (Å²) in [6, 6.07) is 8.13. The lowest BCUT2D eigenvalue weighted by Crippen LogP contribution is -2.19. The van der Waals surface area contributed by atoms with Crippen molar-refractivity contribution >= 4 is 11.6 Å². The van der Waals surface area contributed by atoms with Crippen molar-refractivity contribution in [3.63, 3.8) is 0 Å². The average Bonchev–Trinajstić information content (AvgIpc) is 2.38. The Morgan fingerprint density at radius 3 is 2.50 bits per heavy atom. The van der Waals surface area contributed by atoms with Gasteiger partial charge < -0.3 is 9.84 Å². The van der Waals surface area contributed by atoms with Gasteiger partial charge >= 0.3 is 0 Å². The average molecular weight is 297 g/mol. The van der Waals surface area contributed by atoms with Crippen LogP contribution in [-0.4, -0.2) is 5.11 Å². The predicted molar refractivity (Wildman–Crippen MR) is 70.8 cm³/mol. The second-order valence-electron chi connectivity index (χ2n) is 4.74. The zero-order chi connectivity index (χ0) is 14.3. The summed E-state index contributed by atoms with van der Waals surface area (Å²) in [5.41, 5.74) is 0.952. The van der Waals surface area contributed by atoms with E-state index >= 15 is 0 Å². The van der Waals surface area contributed by atoms with Gasteiger partial charge in [0.1, 0.15) is 23.5 Å². The van der Waals surface area contributed by atoms with Gasteiger partial charge in [-0.25, -0.2) is 8.78 Å². The SMILES string of the molecule is O[C@@H]1CC(c2cc(F)cc(F)c2)Oc2ccc(Cl)cc21. The van der Waals surface area contributed by atoms with Crippen molar-refractivity contribution in [2.75, 3.05) is 0 Å². The molecule has 1 aliphatic heterocycles. The monoisotopic (exact) mass is 296 g/mol. The van der Waals surface area contributed by atoms with Gasteiger partial charge in [0.25, 0.3) is 0 Å². The Balaban J connectivity index is 1.96. The van der Waals surface area contributed by atoms with Crippen molar-refractivity contribution < 1.29 is 18.6 Å². The van der Waals surface area contributed by atoms with Gasteiger partial charge in [-0.3, -0.25) is 0 Å². The van der Waals surface area contributed by atoms with Crippen LogP contribution >= 0.6 is 11.6 Å². The van der Waals surface area contributed by atoms with Gasteiger partial charge in [-0.05, 0) is 35.9 Å². The third-order valence-electron chi connectivity index (χ3n) is 3.29. The summed E-state index contributed by atoms with van der Waals surface area (Å²) in [5, 5.41) is 10.6. The minimum absolute atomic E-state index is 0.218. The molecule has 5 heteroatoms. The standard InChI is InChI=1S/C15H11ClF2O2/c16-9-1-2-14-12(5-9)13(19)7-15(20-14)8-3-10(17)6-11(18)4-8/h1-6,13,15,19H,7H2/t13-,15?/m1/s1. The molecule has 2 aromatic carbocycles. The Kier molecular flexibility index (Phi) is 3.36. The van der Waals surface area contributed by atoms with E-state index in [1.165, 1.54) is 12.1 Å². The lowest BCUT2D eigenvalue weighted by atomic mass is 9.95. The number of hydrogen-bond donors (Lipinski definition) is 1. The molecular formula is C15H11ClF2O2. The minimum Gasteiger partial charge on any atom is -0.485 e. The summed E-state index contributed by atoms with van der Waals surface area (Å²) >= 11 is 5.87. The molecular weight excluding hydrogens is 286 g/mol. The van der Waals surface area contributed by atoms with Crippen LogP contribution in [0.5, 0.6) is 5.75 Å². The second-order valence-corrected chi connectivity index (χ2v) is 5.18. The van der Waals surface area contributed by atoms with Gasteiger partial charge in [-0.1, -0.05) is 11.6 Å². The van der Waals surface area contributed by atoms with E-state index in [1.54, 1.807) is 18.2 Å². The molecule has 2 aromatic rings. The van der Waals surface area contributed by atoms with E-state index in [4.69, 9.17) is 16.3 Å². The largest absolute Gasteiger partial charge is 0.485 e. The Morgan fingerprint density at radius 1 is 1.10 bits per heavy atom. The van der Waals surface area contributed by atoms with Gasteiger partial charge in [0.2, 0.25) is 0 Å². The topological polar surface area (TPSA) is 29.5 Å². The number of ether oxygens (including phenoxy) is 1. The van der Waals surface area contributed by atoms with E-state index in [-0.39, 0.29) is 6.42 Å². The third-order valence-corrected chi connectivity index (χ3v) is 3.53. The molecule has 104 valence electrons. The zero-order valence-electron chi connectivity index (χ0n) is 10.3. The number of fused-ring (bicyclic) bond motifs is 1. The van der Waals surface area contributed by atoms with Crippen LogP contribution in [0.2, 0.25) is 5.02 Å². The molecule has 1 aliphatic rings. The summed E-state index contributed by atoms with van der Waals surface area (Å²) < 4.78 is 32.2. The highest BCUT2D eigenvalue weighted by Crippen LogP contribution is 2.41. The molecule has 0 fully saturated rings. The molecule has 0 saturated carbocycles. The first-order valence-corrected chi connectivity index (χ1v) is 6.51. The van der Waals surface area contributed by atoms with Crippen LogP contribution in [0, 0.1) is 11.6 Å². The number of rotatable bonds is 1. The van der Waals surface area contributed by atoms with Crippen molar-refractivity contribution in [3.8, 4) is 5.75 Å². The quantitative estimate of drug-likeness (QED) is 0.855. The molecule has 0 aromatic heterocycles. The second kappa shape index (κ2) is 5.04. The summed E-state index contributed by atoms with van der Waals surface area (Å²) in [5.74, 6) is -0.859. The van der Waals surface area contributed by atoms with E-state index in [0.717, 1.165) is 6.07 Å². The zero-order valence-corrected chi connectivity index (χ0v) is 11.1. The number of hydrogen-bond acceptors (Lipinski definition) is 2. The maximum absolute atomic E-state index is 13.3. The van der Waals surface area contributed by atoms with Crippen LogP contribution in [0.1, 0.15) is 29.8 Å². The Bertz CT molecular complexity index is 640. The van der Waals surface area contributed by atoms with Gasteiger partial charge in [0.15, 0.2) is 0 Å². The van der Waals surface area contributed by atoms with Crippen LogP contribution in [0.25, 0.3) is 0 Å². The van der Waals surface area contributed by atoms with E-state index in [0.29, 0.717) is 21.9 Å². The molecule has 3 rings (SSSR count). The van der Waals surface area contributed by atoms with E-state index in [9.17, 15) is 13.9 Å². The fraction of sp³-hybridized carbons (Fsp3) is 0.200. The van der Waals surface area contributed by atoms with E-state index < -0.39 is 23.8 Å².